The van der Waals surface area contributed by atoms with Gasteiger partial charge in [0.1, 0.15) is 11.5 Å². The Morgan fingerprint density at radius 2 is 1.95 bits per heavy atom. The van der Waals surface area contributed by atoms with Crippen molar-refractivity contribution in [1.82, 2.24) is 10.6 Å². The number of phenols is 1. The Morgan fingerprint density at radius 1 is 1.23 bits per heavy atom. The monoisotopic (exact) mass is 306 g/mol. The number of rotatable bonds is 6. The summed E-state index contributed by atoms with van der Waals surface area (Å²) >= 11 is 0. The highest BCUT2D eigenvalue weighted by Crippen LogP contribution is 2.22. The number of amides is 1. The Morgan fingerprint density at radius 3 is 2.64 bits per heavy atom. The molecule has 0 unspecified atom stereocenters. The van der Waals surface area contributed by atoms with Crippen molar-refractivity contribution in [1.29, 1.82) is 0 Å². The largest absolute Gasteiger partial charge is 0.507 e. The van der Waals surface area contributed by atoms with Crippen molar-refractivity contribution in [2.45, 2.75) is 44.6 Å². The van der Waals surface area contributed by atoms with Gasteiger partial charge in [0.2, 0.25) is 0 Å². The van der Waals surface area contributed by atoms with Gasteiger partial charge in [-0.15, -0.1) is 0 Å². The van der Waals surface area contributed by atoms with E-state index in [1.165, 1.54) is 51.7 Å². The number of ether oxygens (including phenoxy) is 1. The molecule has 3 N–H and O–H groups in total. The van der Waals surface area contributed by atoms with Crippen LogP contribution in [-0.4, -0.2) is 37.3 Å². The lowest BCUT2D eigenvalue weighted by atomic mass is 10.1. The van der Waals surface area contributed by atoms with Crippen molar-refractivity contribution in [3.8, 4) is 11.5 Å². The van der Waals surface area contributed by atoms with Crippen LogP contribution in [0.3, 0.4) is 0 Å². The molecule has 5 heteroatoms. The SMILES string of the molecule is COc1ccc(O)c(C(=O)NCCNC2CCCCCC2)c1. The van der Waals surface area contributed by atoms with Crippen molar-refractivity contribution >= 4 is 5.91 Å². The molecular formula is C17H26N2O3. The van der Waals surface area contributed by atoms with Crippen molar-refractivity contribution < 1.29 is 14.6 Å². The average molecular weight is 306 g/mol. The second-order valence-electron chi connectivity index (χ2n) is 5.78. The van der Waals surface area contributed by atoms with Crippen LogP contribution in [-0.2, 0) is 0 Å². The lowest BCUT2D eigenvalue weighted by Crippen LogP contribution is -2.36. The van der Waals surface area contributed by atoms with Gasteiger partial charge in [-0.2, -0.15) is 0 Å². The fourth-order valence-electron chi connectivity index (χ4n) is 2.86. The van der Waals surface area contributed by atoms with Gasteiger partial charge in [0, 0.05) is 19.1 Å². The molecule has 5 nitrogen and oxygen atoms in total. The van der Waals surface area contributed by atoms with Crippen LogP contribution in [0.25, 0.3) is 0 Å². The molecule has 0 atom stereocenters. The molecule has 1 fully saturated rings. The summed E-state index contributed by atoms with van der Waals surface area (Å²) in [5, 5.41) is 16.1. The lowest BCUT2D eigenvalue weighted by molar-refractivity contribution is 0.0950. The summed E-state index contributed by atoms with van der Waals surface area (Å²) in [7, 11) is 1.53. The molecule has 0 aromatic heterocycles. The highest BCUT2D eigenvalue weighted by Gasteiger charge is 2.13. The van der Waals surface area contributed by atoms with Gasteiger partial charge in [-0.1, -0.05) is 25.7 Å². The maximum Gasteiger partial charge on any atom is 0.255 e. The average Bonchev–Trinajstić information content (AvgIpc) is 2.80. The molecule has 22 heavy (non-hydrogen) atoms. The molecule has 1 aliphatic rings. The molecule has 0 heterocycles. The zero-order chi connectivity index (χ0) is 15.8. The molecule has 1 aromatic carbocycles. The molecule has 0 saturated heterocycles. The lowest BCUT2D eigenvalue weighted by Gasteiger charge is -2.16. The molecule has 1 aliphatic carbocycles. The number of methoxy groups -OCH3 is 1. The van der Waals surface area contributed by atoms with Crippen LogP contribution in [0.5, 0.6) is 11.5 Å². The molecule has 122 valence electrons. The van der Waals surface area contributed by atoms with E-state index in [0.717, 1.165) is 6.54 Å². The van der Waals surface area contributed by atoms with E-state index >= 15 is 0 Å². The summed E-state index contributed by atoms with van der Waals surface area (Å²) in [5.41, 5.74) is 0.244. The fraction of sp³-hybridized carbons (Fsp3) is 0.588. The van der Waals surface area contributed by atoms with E-state index in [1.807, 2.05) is 0 Å². The van der Waals surface area contributed by atoms with Gasteiger partial charge >= 0.3 is 0 Å². The predicted octanol–water partition coefficient (Wildman–Crippen LogP) is 2.44. The van der Waals surface area contributed by atoms with Gasteiger partial charge in [0.25, 0.3) is 5.91 Å². The third-order valence-corrected chi connectivity index (χ3v) is 4.15. The Hall–Kier alpha value is -1.75. The first kappa shape index (κ1) is 16.6. The molecular weight excluding hydrogens is 280 g/mol. The standard InChI is InChI=1S/C17H26N2O3/c1-22-14-8-9-16(20)15(12-14)17(21)19-11-10-18-13-6-4-2-3-5-7-13/h8-9,12-13,18,20H,2-7,10-11H2,1H3,(H,19,21). The highest BCUT2D eigenvalue weighted by atomic mass is 16.5. The number of nitrogens with one attached hydrogen (secondary N) is 2. The van der Waals surface area contributed by atoms with E-state index < -0.39 is 0 Å². The topological polar surface area (TPSA) is 70.6 Å². The second-order valence-corrected chi connectivity index (χ2v) is 5.78. The summed E-state index contributed by atoms with van der Waals surface area (Å²) in [6, 6.07) is 5.21. The fourth-order valence-corrected chi connectivity index (χ4v) is 2.86. The molecule has 0 aliphatic heterocycles. The summed E-state index contributed by atoms with van der Waals surface area (Å²) in [5.74, 6) is 0.244. The second kappa shape index (κ2) is 8.63. The Labute approximate surface area is 132 Å². The zero-order valence-electron chi connectivity index (χ0n) is 13.2. The van der Waals surface area contributed by atoms with Crippen LogP contribution in [0, 0.1) is 0 Å². The summed E-state index contributed by atoms with van der Waals surface area (Å²) in [6.07, 6.45) is 7.71. The van der Waals surface area contributed by atoms with Gasteiger partial charge in [0.15, 0.2) is 0 Å². The Bertz CT molecular complexity index is 483. The third kappa shape index (κ3) is 4.91. The van der Waals surface area contributed by atoms with Crippen LogP contribution in [0.4, 0.5) is 0 Å². The summed E-state index contributed by atoms with van der Waals surface area (Å²) < 4.78 is 5.07. The first-order valence-electron chi connectivity index (χ1n) is 8.09. The Kier molecular flexibility index (Phi) is 6.52. The molecule has 0 bridgehead atoms. The molecule has 0 spiro atoms. The predicted molar refractivity (Wildman–Crippen MR) is 86.5 cm³/mol. The number of hydrogen-bond donors (Lipinski definition) is 3. The van der Waals surface area contributed by atoms with Crippen molar-refractivity contribution in [3.05, 3.63) is 23.8 Å². The minimum Gasteiger partial charge on any atom is -0.507 e. The van der Waals surface area contributed by atoms with Gasteiger partial charge < -0.3 is 20.5 Å². The maximum absolute atomic E-state index is 12.1. The zero-order valence-corrected chi connectivity index (χ0v) is 13.2. The van der Waals surface area contributed by atoms with Crippen LogP contribution in [0.15, 0.2) is 18.2 Å². The van der Waals surface area contributed by atoms with Gasteiger partial charge in [-0.05, 0) is 31.0 Å². The third-order valence-electron chi connectivity index (χ3n) is 4.15. The van der Waals surface area contributed by atoms with Crippen LogP contribution in [0.1, 0.15) is 48.9 Å². The smallest absolute Gasteiger partial charge is 0.255 e. The van der Waals surface area contributed by atoms with E-state index in [-0.39, 0.29) is 17.2 Å². The number of carbonyl (C=O) groups excluding carboxylic acids is 1. The molecule has 1 aromatic rings. The van der Waals surface area contributed by atoms with E-state index in [4.69, 9.17) is 4.74 Å². The number of aromatic hydroxyl groups is 1. The maximum atomic E-state index is 12.1. The summed E-state index contributed by atoms with van der Waals surface area (Å²) in [4.78, 5) is 12.1. The molecule has 1 saturated carbocycles. The molecule has 0 radical (unpaired) electrons. The minimum absolute atomic E-state index is 0.0324. The molecule has 2 rings (SSSR count). The van der Waals surface area contributed by atoms with E-state index in [9.17, 15) is 9.90 Å². The first-order valence-corrected chi connectivity index (χ1v) is 8.09. The Balaban J connectivity index is 1.75. The van der Waals surface area contributed by atoms with Gasteiger partial charge in [-0.25, -0.2) is 0 Å². The number of hydrogen-bond acceptors (Lipinski definition) is 4. The number of carbonyl (C=O) groups is 1. The highest BCUT2D eigenvalue weighted by molar-refractivity contribution is 5.97. The van der Waals surface area contributed by atoms with Crippen molar-refractivity contribution in [2.75, 3.05) is 20.2 Å². The van der Waals surface area contributed by atoms with E-state index in [0.29, 0.717) is 18.3 Å². The van der Waals surface area contributed by atoms with Crippen LogP contribution in [0.2, 0.25) is 0 Å². The van der Waals surface area contributed by atoms with Gasteiger partial charge in [0.05, 0.1) is 12.7 Å². The van der Waals surface area contributed by atoms with Crippen molar-refractivity contribution in [3.63, 3.8) is 0 Å². The van der Waals surface area contributed by atoms with Crippen LogP contribution < -0.4 is 15.4 Å². The normalized spacial score (nSPS) is 16.0. The van der Waals surface area contributed by atoms with Crippen LogP contribution >= 0.6 is 0 Å². The van der Waals surface area contributed by atoms with E-state index in [1.54, 1.807) is 12.1 Å². The molecule has 1 amide bonds. The summed E-state index contributed by atoms with van der Waals surface area (Å²) in [6.45, 7) is 1.30. The van der Waals surface area contributed by atoms with Crippen molar-refractivity contribution in [2.24, 2.45) is 0 Å². The van der Waals surface area contributed by atoms with Gasteiger partial charge in [-0.3, -0.25) is 4.79 Å². The van der Waals surface area contributed by atoms with E-state index in [2.05, 4.69) is 10.6 Å². The first-order chi connectivity index (χ1) is 10.7. The number of benzene rings is 1. The minimum atomic E-state index is -0.279. The quantitative estimate of drug-likeness (QED) is 0.558. The number of phenolic OH excluding ortho intramolecular Hbond substituents is 1.